The van der Waals surface area contributed by atoms with Gasteiger partial charge in [0.15, 0.2) is 0 Å². The lowest BCUT2D eigenvalue weighted by molar-refractivity contribution is 0.0988. The Morgan fingerprint density at radius 3 is 2.29 bits per heavy atom. The van der Waals surface area contributed by atoms with Gasteiger partial charge in [-0.05, 0) is 36.8 Å². The van der Waals surface area contributed by atoms with Crippen LogP contribution in [0.1, 0.15) is 15.9 Å². The van der Waals surface area contributed by atoms with Crippen LogP contribution in [0.4, 0.5) is 5.69 Å². The number of para-hydroxylation sites is 1. The summed E-state index contributed by atoms with van der Waals surface area (Å²) in [6, 6.07) is 24.8. The quantitative estimate of drug-likeness (QED) is 0.265. The van der Waals surface area contributed by atoms with Crippen LogP contribution in [0.3, 0.4) is 0 Å². The maximum absolute atomic E-state index is 13.4. The summed E-state index contributed by atoms with van der Waals surface area (Å²) in [5, 5.41) is 1.97. The zero-order chi connectivity index (χ0) is 19.7. The summed E-state index contributed by atoms with van der Waals surface area (Å²) in [4.78, 5) is 18.2. The first-order valence-corrected chi connectivity index (χ1v) is 9.65. The van der Waals surface area contributed by atoms with Gasteiger partial charge in [-0.1, -0.05) is 70.5 Å². The molecule has 0 aliphatic heterocycles. The Labute approximate surface area is 171 Å². The van der Waals surface area contributed by atoms with E-state index < -0.39 is 0 Å². The molecule has 3 aromatic carbocycles. The van der Waals surface area contributed by atoms with Crippen molar-refractivity contribution in [2.24, 2.45) is 5.84 Å². The van der Waals surface area contributed by atoms with E-state index in [-0.39, 0.29) is 5.91 Å². The monoisotopic (exact) mass is 431 g/mol. The Morgan fingerprint density at radius 1 is 0.964 bits per heavy atom. The van der Waals surface area contributed by atoms with E-state index in [1.807, 2.05) is 85.8 Å². The van der Waals surface area contributed by atoms with E-state index in [1.165, 1.54) is 5.01 Å². The number of hydrogen-bond donors (Lipinski definition) is 1. The van der Waals surface area contributed by atoms with E-state index >= 15 is 0 Å². The van der Waals surface area contributed by atoms with Gasteiger partial charge in [0, 0.05) is 15.4 Å². The smallest absolute Gasteiger partial charge is 0.267 e. The van der Waals surface area contributed by atoms with Gasteiger partial charge in [-0.25, -0.2) is 15.8 Å². The van der Waals surface area contributed by atoms with Crippen LogP contribution in [0.15, 0.2) is 83.3 Å². The van der Waals surface area contributed by atoms with Crippen molar-refractivity contribution in [2.75, 3.05) is 5.01 Å². The highest BCUT2D eigenvalue weighted by molar-refractivity contribution is 9.10. The molecular formula is C23H18BrN3O. The molecule has 0 atom stereocenters. The van der Waals surface area contributed by atoms with Crippen molar-refractivity contribution >= 4 is 38.4 Å². The summed E-state index contributed by atoms with van der Waals surface area (Å²) in [6.45, 7) is 1.92. The summed E-state index contributed by atoms with van der Waals surface area (Å²) >= 11 is 3.50. The zero-order valence-corrected chi connectivity index (χ0v) is 16.8. The number of nitrogens with zero attached hydrogens (tertiary/aromatic N) is 2. The highest BCUT2D eigenvalue weighted by atomic mass is 79.9. The Hall–Kier alpha value is -3.02. The Morgan fingerprint density at radius 2 is 1.61 bits per heavy atom. The average molecular weight is 432 g/mol. The molecule has 0 unspecified atom stereocenters. The van der Waals surface area contributed by atoms with E-state index in [4.69, 9.17) is 10.8 Å². The second-order valence-electron chi connectivity index (χ2n) is 6.50. The lowest BCUT2D eigenvalue weighted by atomic mass is 9.97. The topological polar surface area (TPSA) is 59.2 Å². The largest absolute Gasteiger partial charge is 0.273 e. The number of halogens is 1. The molecular weight excluding hydrogens is 414 g/mol. The number of anilines is 1. The lowest BCUT2D eigenvalue weighted by Gasteiger charge is -2.20. The van der Waals surface area contributed by atoms with Crippen LogP contribution in [0.25, 0.3) is 22.2 Å². The molecule has 4 rings (SSSR count). The van der Waals surface area contributed by atoms with Crippen LogP contribution in [0.2, 0.25) is 0 Å². The van der Waals surface area contributed by atoms with Crippen LogP contribution in [0.5, 0.6) is 0 Å². The van der Waals surface area contributed by atoms with Crippen LogP contribution in [-0.2, 0) is 0 Å². The van der Waals surface area contributed by atoms with Gasteiger partial charge in [0.25, 0.3) is 5.91 Å². The standard InChI is InChI=1S/C23H18BrN3O/c1-15-21(23(28)27(25)18-10-6-3-7-11-18)19-13-12-17(24)14-20(19)26-22(15)16-8-4-2-5-9-16/h2-14H,25H2,1H3. The van der Waals surface area contributed by atoms with Crippen molar-refractivity contribution in [3.05, 3.63) is 94.5 Å². The van der Waals surface area contributed by atoms with Crippen molar-refractivity contribution in [1.82, 2.24) is 4.98 Å². The van der Waals surface area contributed by atoms with Gasteiger partial charge >= 0.3 is 0 Å². The molecule has 1 amide bonds. The van der Waals surface area contributed by atoms with Crippen molar-refractivity contribution in [3.63, 3.8) is 0 Å². The van der Waals surface area contributed by atoms with E-state index in [9.17, 15) is 4.79 Å². The van der Waals surface area contributed by atoms with E-state index in [2.05, 4.69) is 15.9 Å². The van der Waals surface area contributed by atoms with Gasteiger partial charge in [0.05, 0.1) is 22.5 Å². The van der Waals surface area contributed by atoms with Crippen LogP contribution in [-0.4, -0.2) is 10.9 Å². The molecule has 0 aliphatic rings. The van der Waals surface area contributed by atoms with Gasteiger partial charge < -0.3 is 0 Å². The van der Waals surface area contributed by atoms with Gasteiger partial charge in [-0.3, -0.25) is 4.79 Å². The average Bonchev–Trinajstić information content (AvgIpc) is 2.73. The number of benzene rings is 3. The third-order valence-electron chi connectivity index (χ3n) is 4.71. The Balaban J connectivity index is 1.96. The van der Waals surface area contributed by atoms with Gasteiger partial charge in [-0.15, -0.1) is 0 Å². The summed E-state index contributed by atoms with van der Waals surface area (Å²) in [6.07, 6.45) is 0. The minimum absolute atomic E-state index is 0.268. The van der Waals surface area contributed by atoms with Crippen molar-refractivity contribution in [2.45, 2.75) is 6.92 Å². The number of carbonyl (C=O) groups excluding carboxylic acids is 1. The summed E-state index contributed by atoms with van der Waals surface area (Å²) in [5.74, 6) is 5.94. The van der Waals surface area contributed by atoms with Gasteiger partial charge in [0.1, 0.15) is 0 Å². The molecule has 0 bridgehead atoms. The van der Waals surface area contributed by atoms with Gasteiger partial charge in [0.2, 0.25) is 0 Å². The third kappa shape index (κ3) is 3.30. The number of hydrogen-bond acceptors (Lipinski definition) is 3. The highest BCUT2D eigenvalue weighted by Gasteiger charge is 2.23. The van der Waals surface area contributed by atoms with E-state index in [0.29, 0.717) is 11.3 Å². The minimum atomic E-state index is -0.268. The number of rotatable bonds is 3. The van der Waals surface area contributed by atoms with E-state index in [0.717, 1.165) is 32.2 Å². The summed E-state index contributed by atoms with van der Waals surface area (Å²) in [7, 11) is 0. The molecule has 138 valence electrons. The van der Waals surface area contributed by atoms with Crippen molar-refractivity contribution < 1.29 is 4.79 Å². The van der Waals surface area contributed by atoms with Crippen molar-refractivity contribution in [1.29, 1.82) is 0 Å². The molecule has 4 aromatic rings. The molecule has 5 heteroatoms. The predicted octanol–water partition coefficient (Wildman–Crippen LogP) is 5.49. The summed E-state index contributed by atoms with van der Waals surface area (Å²) < 4.78 is 0.904. The highest BCUT2D eigenvalue weighted by Crippen LogP contribution is 2.32. The van der Waals surface area contributed by atoms with Gasteiger partial charge in [-0.2, -0.15) is 0 Å². The number of pyridine rings is 1. The third-order valence-corrected chi connectivity index (χ3v) is 5.20. The minimum Gasteiger partial charge on any atom is -0.267 e. The molecule has 2 N–H and O–H groups in total. The second kappa shape index (κ2) is 7.54. The predicted molar refractivity (Wildman–Crippen MR) is 117 cm³/mol. The lowest BCUT2D eigenvalue weighted by Crippen LogP contribution is -2.38. The molecule has 0 radical (unpaired) electrons. The SMILES string of the molecule is Cc1c(-c2ccccc2)nc2cc(Br)ccc2c1C(=O)N(N)c1ccccc1. The van der Waals surface area contributed by atoms with Crippen LogP contribution >= 0.6 is 15.9 Å². The number of aromatic nitrogens is 1. The Bertz CT molecular complexity index is 1160. The number of amides is 1. The molecule has 0 fully saturated rings. The molecule has 0 spiro atoms. The maximum atomic E-state index is 13.4. The number of hydrazine groups is 1. The molecule has 1 heterocycles. The number of fused-ring (bicyclic) bond motifs is 1. The zero-order valence-electron chi connectivity index (χ0n) is 15.3. The molecule has 28 heavy (non-hydrogen) atoms. The fourth-order valence-corrected chi connectivity index (χ4v) is 3.66. The fourth-order valence-electron chi connectivity index (χ4n) is 3.31. The van der Waals surface area contributed by atoms with Crippen LogP contribution < -0.4 is 10.9 Å². The number of nitrogens with two attached hydrogens (primary N) is 1. The fraction of sp³-hybridized carbons (Fsp3) is 0.0435. The molecule has 1 aromatic heterocycles. The molecule has 0 saturated heterocycles. The first-order chi connectivity index (χ1) is 13.6. The molecule has 0 aliphatic carbocycles. The first kappa shape index (κ1) is 18.3. The number of carbonyl (C=O) groups is 1. The normalized spacial score (nSPS) is 10.8. The van der Waals surface area contributed by atoms with Crippen LogP contribution in [0, 0.1) is 6.92 Å². The Kier molecular flexibility index (Phi) is 4.94. The molecule has 4 nitrogen and oxygen atoms in total. The second-order valence-corrected chi connectivity index (χ2v) is 7.41. The first-order valence-electron chi connectivity index (χ1n) is 8.86. The summed E-state index contributed by atoms with van der Waals surface area (Å²) in [5.41, 5.74) is 4.47. The molecule has 0 saturated carbocycles. The van der Waals surface area contributed by atoms with E-state index in [1.54, 1.807) is 0 Å². The van der Waals surface area contributed by atoms with Crippen molar-refractivity contribution in [3.8, 4) is 11.3 Å². The maximum Gasteiger partial charge on any atom is 0.273 e.